The summed E-state index contributed by atoms with van der Waals surface area (Å²) in [4.78, 5) is 0. The SMILES string of the molecule is CSCCCNCC1CCC2(CCCC2)O1. The second-order valence-electron chi connectivity index (χ2n) is 5.22. The van der Waals surface area contributed by atoms with Crippen LogP contribution >= 0.6 is 11.8 Å². The fourth-order valence-electron chi connectivity index (χ4n) is 3.03. The van der Waals surface area contributed by atoms with Crippen molar-refractivity contribution in [1.82, 2.24) is 5.32 Å². The standard InChI is InChI=1S/C13H25NOS/c1-16-10-4-9-14-11-12-5-8-13(15-12)6-2-3-7-13/h12,14H,2-11H2,1H3. The number of hydrogen-bond donors (Lipinski definition) is 1. The van der Waals surface area contributed by atoms with Crippen molar-refractivity contribution in [2.24, 2.45) is 0 Å². The maximum Gasteiger partial charge on any atom is 0.0708 e. The quantitative estimate of drug-likeness (QED) is 0.725. The number of ether oxygens (including phenoxy) is 1. The molecule has 0 aromatic heterocycles. The lowest BCUT2D eigenvalue weighted by molar-refractivity contribution is -0.0350. The topological polar surface area (TPSA) is 21.3 Å². The fraction of sp³-hybridized carbons (Fsp3) is 1.00. The maximum absolute atomic E-state index is 6.25. The van der Waals surface area contributed by atoms with Gasteiger partial charge in [-0.3, -0.25) is 0 Å². The first-order valence-corrected chi connectivity index (χ1v) is 8.11. The van der Waals surface area contributed by atoms with Gasteiger partial charge in [0.15, 0.2) is 0 Å². The molecule has 16 heavy (non-hydrogen) atoms. The molecule has 1 saturated heterocycles. The molecule has 1 spiro atoms. The summed E-state index contributed by atoms with van der Waals surface area (Å²) in [6, 6.07) is 0. The molecule has 2 aliphatic rings. The van der Waals surface area contributed by atoms with E-state index in [1.807, 2.05) is 11.8 Å². The lowest BCUT2D eigenvalue weighted by Gasteiger charge is -2.23. The average molecular weight is 243 g/mol. The number of rotatable bonds is 6. The third-order valence-electron chi connectivity index (χ3n) is 3.93. The van der Waals surface area contributed by atoms with Gasteiger partial charge in [-0.05, 0) is 50.7 Å². The molecule has 1 heterocycles. The molecule has 1 N–H and O–H groups in total. The first-order chi connectivity index (χ1) is 7.85. The van der Waals surface area contributed by atoms with E-state index >= 15 is 0 Å². The van der Waals surface area contributed by atoms with E-state index in [0.29, 0.717) is 11.7 Å². The highest BCUT2D eigenvalue weighted by atomic mass is 32.2. The van der Waals surface area contributed by atoms with E-state index in [2.05, 4.69) is 11.6 Å². The molecule has 0 radical (unpaired) electrons. The van der Waals surface area contributed by atoms with Gasteiger partial charge in [0.05, 0.1) is 11.7 Å². The Morgan fingerprint density at radius 2 is 2.12 bits per heavy atom. The van der Waals surface area contributed by atoms with Gasteiger partial charge in [0.25, 0.3) is 0 Å². The molecule has 1 aliphatic heterocycles. The average Bonchev–Trinajstić information content (AvgIpc) is 2.90. The third-order valence-corrected chi connectivity index (χ3v) is 4.62. The minimum atomic E-state index is 0.311. The predicted octanol–water partition coefficient (Wildman–Crippen LogP) is 2.82. The zero-order valence-electron chi connectivity index (χ0n) is 10.5. The second-order valence-corrected chi connectivity index (χ2v) is 6.20. The van der Waals surface area contributed by atoms with Crippen molar-refractivity contribution in [3.05, 3.63) is 0 Å². The summed E-state index contributed by atoms with van der Waals surface area (Å²) < 4.78 is 6.25. The Labute approximate surface area is 104 Å². The summed E-state index contributed by atoms with van der Waals surface area (Å²) in [5.74, 6) is 1.27. The van der Waals surface area contributed by atoms with Gasteiger partial charge in [-0.15, -0.1) is 0 Å². The minimum absolute atomic E-state index is 0.311. The van der Waals surface area contributed by atoms with E-state index in [1.165, 1.54) is 50.7 Å². The van der Waals surface area contributed by atoms with Gasteiger partial charge in [0.1, 0.15) is 0 Å². The Hall–Kier alpha value is 0.270. The van der Waals surface area contributed by atoms with Crippen molar-refractivity contribution in [2.45, 2.75) is 56.7 Å². The van der Waals surface area contributed by atoms with Crippen LogP contribution in [0.1, 0.15) is 44.9 Å². The number of thioether (sulfide) groups is 1. The van der Waals surface area contributed by atoms with E-state index in [1.54, 1.807) is 0 Å². The van der Waals surface area contributed by atoms with Crippen LogP contribution in [0, 0.1) is 0 Å². The molecule has 0 aromatic rings. The van der Waals surface area contributed by atoms with Gasteiger partial charge in [-0.25, -0.2) is 0 Å². The molecule has 0 bridgehead atoms. The van der Waals surface area contributed by atoms with Crippen LogP contribution in [0.2, 0.25) is 0 Å². The molecule has 0 aromatic carbocycles. The summed E-state index contributed by atoms with van der Waals surface area (Å²) in [6.45, 7) is 2.21. The predicted molar refractivity (Wildman–Crippen MR) is 71.2 cm³/mol. The highest BCUT2D eigenvalue weighted by Crippen LogP contribution is 2.43. The molecule has 1 atom stereocenters. The number of nitrogens with one attached hydrogen (secondary N) is 1. The molecular weight excluding hydrogens is 218 g/mol. The Morgan fingerprint density at radius 1 is 1.31 bits per heavy atom. The van der Waals surface area contributed by atoms with E-state index in [9.17, 15) is 0 Å². The van der Waals surface area contributed by atoms with Gasteiger partial charge in [-0.2, -0.15) is 11.8 Å². The van der Waals surface area contributed by atoms with E-state index in [0.717, 1.165) is 13.1 Å². The van der Waals surface area contributed by atoms with Gasteiger partial charge in [0, 0.05) is 6.54 Å². The van der Waals surface area contributed by atoms with Crippen molar-refractivity contribution in [2.75, 3.05) is 25.1 Å². The van der Waals surface area contributed by atoms with Crippen molar-refractivity contribution >= 4 is 11.8 Å². The van der Waals surface area contributed by atoms with E-state index in [4.69, 9.17) is 4.74 Å². The van der Waals surface area contributed by atoms with Gasteiger partial charge < -0.3 is 10.1 Å². The van der Waals surface area contributed by atoms with Crippen LogP contribution in [-0.4, -0.2) is 36.8 Å². The van der Waals surface area contributed by atoms with Crippen molar-refractivity contribution in [3.63, 3.8) is 0 Å². The van der Waals surface area contributed by atoms with Gasteiger partial charge in [-0.1, -0.05) is 12.8 Å². The van der Waals surface area contributed by atoms with Crippen LogP contribution < -0.4 is 5.32 Å². The smallest absolute Gasteiger partial charge is 0.0708 e. The Morgan fingerprint density at radius 3 is 2.88 bits per heavy atom. The lowest BCUT2D eigenvalue weighted by Crippen LogP contribution is -2.31. The summed E-state index contributed by atoms with van der Waals surface area (Å²) in [5.41, 5.74) is 0.311. The summed E-state index contributed by atoms with van der Waals surface area (Å²) in [5, 5.41) is 3.53. The largest absolute Gasteiger partial charge is 0.370 e. The molecule has 1 unspecified atom stereocenters. The van der Waals surface area contributed by atoms with Crippen LogP contribution in [0.15, 0.2) is 0 Å². The van der Waals surface area contributed by atoms with E-state index < -0.39 is 0 Å². The van der Waals surface area contributed by atoms with Crippen LogP contribution in [-0.2, 0) is 4.74 Å². The monoisotopic (exact) mass is 243 g/mol. The summed E-state index contributed by atoms with van der Waals surface area (Å²) >= 11 is 1.93. The molecule has 2 rings (SSSR count). The number of hydrogen-bond acceptors (Lipinski definition) is 3. The molecular formula is C13H25NOS. The Balaban J connectivity index is 1.58. The Kier molecular flexibility index (Phi) is 4.98. The first kappa shape index (κ1) is 12.7. The highest BCUT2D eigenvalue weighted by molar-refractivity contribution is 7.98. The molecule has 1 saturated carbocycles. The van der Waals surface area contributed by atoms with E-state index in [-0.39, 0.29) is 0 Å². The zero-order chi connectivity index (χ0) is 11.3. The summed E-state index contributed by atoms with van der Waals surface area (Å²) in [6.07, 6.45) is 11.9. The van der Waals surface area contributed by atoms with Gasteiger partial charge in [0.2, 0.25) is 0 Å². The first-order valence-electron chi connectivity index (χ1n) is 6.72. The van der Waals surface area contributed by atoms with Crippen LogP contribution in [0.25, 0.3) is 0 Å². The van der Waals surface area contributed by atoms with Crippen molar-refractivity contribution in [3.8, 4) is 0 Å². The molecule has 94 valence electrons. The highest BCUT2D eigenvalue weighted by Gasteiger charge is 2.41. The lowest BCUT2D eigenvalue weighted by atomic mass is 9.98. The molecule has 2 nitrogen and oxygen atoms in total. The summed E-state index contributed by atoms with van der Waals surface area (Å²) in [7, 11) is 0. The van der Waals surface area contributed by atoms with Crippen molar-refractivity contribution in [1.29, 1.82) is 0 Å². The zero-order valence-corrected chi connectivity index (χ0v) is 11.3. The second kappa shape index (κ2) is 6.27. The normalized spacial score (nSPS) is 27.9. The Bertz CT molecular complexity index is 204. The van der Waals surface area contributed by atoms with Crippen LogP contribution in [0.4, 0.5) is 0 Å². The minimum Gasteiger partial charge on any atom is -0.370 e. The van der Waals surface area contributed by atoms with Gasteiger partial charge >= 0.3 is 0 Å². The van der Waals surface area contributed by atoms with Crippen LogP contribution in [0.5, 0.6) is 0 Å². The molecule has 2 fully saturated rings. The fourth-order valence-corrected chi connectivity index (χ4v) is 3.46. The molecule has 0 amide bonds. The van der Waals surface area contributed by atoms with Crippen molar-refractivity contribution < 1.29 is 4.74 Å². The third kappa shape index (κ3) is 3.38. The maximum atomic E-state index is 6.25. The van der Waals surface area contributed by atoms with Crippen LogP contribution in [0.3, 0.4) is 0 Å². The molecule has 1 aliphatic carbocycles. The molecule has 3 heteroatoms.